The molecule has 0 saturated heterocycles. The number of anilines is 4. The Labute approximate surface area is 453 Å². The topological polar surface area (TPSA) is 33.5 Å². The minimum atomic E-state index is -0.279. The van der Waals surface area contributed by atoms with Gasteiger partial charge in [-0.1, -0.05) is 205 Å². The van der Waals surface area contributed by atoms with Crippen LogP contribution in [-0.4, -0.2) is 9.55 Å². The molecule has 9 aromatic carbocycles. The van der Waals surface area contributed by atoms with Crippen LogP contribution in [0.2, 0.25) is 0 Å². The van der Waals surface area contributed by atoms with E-state index < -0.39 is 0 Å². The zero-order valence-electron chi connectivity index (χ0n) is 45.1. The number of ether oxygens (including phenoxy) is 1. The van der Waals surface area contributed by atoms with E-state index >= 15 is 0 Å². The summed E-state index contributed by atoms with van der Waals surface area (Å²) in [5.74, 6) is 1.07. The van der Waals surface area contributed by atoms with Crippen molar-refractivity contribution >= 4 is 44.6 Å². The molecule has 0 aliphatic carbocycles. The number of aromatic nitrogens is 2. The Morgan fingerprint density at radius 3 is 1.73 bits per heavy atom. The van der Waals surface area contributed by atoms with Gasteiger partial charge in [-0.15, -0.1) is 48.0 Å². The van der Waals surface area contributed by atoms with E-state index in [0.717, 1.165) is 94.8 Å². The summed E-state index contributed by atoms with van der Waals surface area (Å²) in [5, 5.41) is 1.98. The van der Waals surface area contributed by atoms with Gasteiger partial charge in [-0.25, -0.2) is 4.98 Å². The zero-order chi connectivity index (χ0) is 52.5. The van der Waals surface area contributed by atoms with Crippen LogP contribution in [-0.2, 0) is 31.9 Å². The molecule has 1 aliphatic heterocycles. The molecule has 0 radical (unpaired) electrons. The van der Waals surface area contributed by atoms with Gasteiger partial charge < -0.3 is 19.1 Å². The first-order chi connectivity index (χ1) is 36.7. The molecule has 0 amide bonds. The van der Waals surface area contributed by atoms with Crippen LogP contribution in [0.3, 0.4) is 0 Å². The van der Waals surface area contributed by atoms with Gasteiger partial charge in [0.05, 0.1) is 0 Å². The summed E-state index contributed by atoms with van der Waals surface area (Å²) in [7, 11) is 0. The molecule has 0 atom stereocenters. The Balaban J connectivity index is 0.00000631. The van der Waals surface area contributed by atoms with Crippen molar-refractivity contribution in [2.75, 3.05) is 9.80 Å². The molecular weight excluding hydrogens is 1080 g/mol. The number of pyridine rings is 1. The van der Waals surface area contributed by atoms with Gasteiger partial charge in [0, 0.05) is 79.4 Å². The summed E-state index contributed by atoms with van der Waals surface area (Å²) in [6.07, 6.45) is 1.98. The summed E-state index contributed by atoms with van der Waals surface area (Å²) >= 11 is 0. The van der Waals surface area contributed by atoms with Crippen LogP contribution in [0.5, 0.6) is 11.5 Å². The van der Waals surface area contributed by atoms with E-state index in [1.165, 1.54) is 5.56 Å². The van der Waals surface area contributed by atoms with Crippen LogP contribution in [0, 0.1) is 18.8 Å². The summed E-state index contributed by atoms with van der Waals surface area (Å²) in [5.41, 5.74) is 15.4. The van der Waals surface area contributed by atoms with E-state index in [2.05, 4.69) is 184 Å². The van der Waals surface area contributed by atoms with E-state index in [-0.39, 0.29) is 61.5 Å². The van der Waals surface area contributed by atoms with E-state index in [9.17, 15) is 4.11 Å². The third-order valence-electron chi connectivity index (χ3n) is 13.9. The first kappa shape index (κ1) is 44.7. The Hall–Kier alpha value is -7.98. The largest absolute Gasteiger partial charge is 0.509 e. The van der Waals surface area contributed by atoms with Gasteiger partial charge in [0.2, 0.25) is 0 Å². The summed E-state index contributed by atoms with van der Waals surface area (Å²) < 4.78 is 36.7. The predicted octanol–water partition coefficient (Wildman–Crippen LogP) is 18.2. The van der Waals surface area contributed by atoms with Crippen molar-refractivity contribution in [3.05, 3.63) is 248 Å². The van der Waals surface area contributed by atoms with Crippen molar-refractivity contribution < 1.29 is 29.9 Å². The first-order valence-corrected chi connectivity index (χ1v) is 24.9. The molecule has 12 rings (SSSR count). The van der Waals surface area contributed by atoms with Crippen LogP contribution in [0.1, 0.15) is 56.8 Å². The SMILES string of the molecule is [2H]c1c(Oc2[c-]c3c(cc2)c2cc(-c4ccc(C(C)(C)C)cc4)ccc2n3-c2cc(C(C)(C)C)c(-c3ccccc3)cn2)[c-]c(N2[CH-]N(c3c(-c4ccccc4)cccc3-c3ccccc3)c3ccccc32)c([2H])c1[2H].[Pt]. The average molecular weight is 1140 g/mol. The summed E-state index contributed by atoms with van der Waals surface area (Å²) in [6.45, 7) is 15.3. The zero-order valence-corrected chi connectivity index (χ0v) is 44.4. The van der Waals surface area contributed by atoms with Crippen LogP contribution in [0.15, 0.2) is 218 Å². The number of hydrogen-bond acceptors (Lipinski definition) is 4. The molecule has 5 nitrogen and oxygen atoms in total. The van der Waals surface area contributed by atoms with Crippen LogP contribution < -0.4 is 14.5 Å². The minimum Gasteiger partial charge on any atom is -0.509 e. The number of para-hydroxylation sites is 3. The second-order valence-electron chi connectivity index (χ2n) is 20.7. The second kappa shape index (κ2) is 19.5. The molecule has 0 bridgehead atoms. The third-order valence-corrected chi connectivity index (χ3v) is 13.9. The van der Waals surface area contributed by atoms with Crippen molar-refractivity contribution in [3.8, 4) is 61.8 Å². The summed E-state index contributed by atoms with van der Waals surface area (Å²) in [4.78, 5) is 9.23. The predicted molar refractivity (Wildman–Crippen MR) is 303 cm³/mol. The molecule has 6 heteroatoms. The smallest absolute Gasteiger partial charge is 0.135 e. The van der Waals surface area contributed by atoms with E-state index in [0.29, 0.717) is 5.75 Å². The second-order valence-corrected chi connectivity index (χ2v) is 20.7. The van der Waals surface area contributed by atoms with Gasteiger partial charge in [0.25, 0.3) is 0 Å². The maximum atomic E-state index is 9.39. The van der Waals surface area contributed by atoms with Crippen molar-refractivity contribution in [3.63, 3.8) is 0 Å². The number of benzene rings is 9. The monoisotopic (exact) mass is 1140 g/mol. The van der Waals surface area contributed by atoms with Gasteiger partial charge in [-0.3, -0.25) is 0 Å². The van der Waals surface area contributed by atoms with Crippen molar-refractivity contribution in [1.82, 2.24) is 9.55 Å². The quantitative estimate of drug-likeness (QED) is 0.135. The van der Waals surface area contributed by atoms with Gasteiger partial charge in [-0.05, 0) is 82.2 Å². The normalized spacial score (nSPS) is 13.1. The van der Waals surface area contributed by atoms with E-state index in [1.54, 1.807) is 0 Å². The molecule has 366 valence electrons. The van der Waals surface area contributed by atoms with Crippen LogP contribution >= 0.6 is 0 Å². The van der Waals surface area contributed by atoms with Crippen molar-refractivity contribution in [2.45, 2.75) is 52.4 Å². The number of rotatable bonds is 9. The maximum Gasteiger partial charge on any atom is 0.135 e. The number of fused-ring (bicyclic) bond motifs is 4. The molecule has 74 heavy (non-hydrogen) atoms. The van der Waals surface area contributed by atoms with Gasteiger partial charge >= 0.3 is 0 Å². The van der Waals surface area contributed by atoms with Gasteiger partial charge in [0.1, 0.15) is 5.82 Å². The average Bonchev–Trinajstić information content (AvgIpc) is 4.20. The number of hydrogen-bond donors (Lipinski definition) is 0. The molecule has 0 N–H and O–H groups in total. The fraction of sp³-hybridized carbons (Fsp3) is 0.118. The standard InChI is InChI=1S/C68H55N4O.Pt/c1-67(2,3)51-35-32-46(33-36-51)50-34-39-61-58(40-50)57-38-37-54(42-64(57)72(61)65-43-60(68(4,5)6)59(44-69-65)49-24-14-9-15-25-49)73-53-27-18-26-52(41-53)70-45-71(63-31-17-16-30-62(63)70)66-55(47-20-10-7-11-21-47)28-19-29-56(66)48-22-12-8-13-23-48;/h7-40,43-45H,1-6H3;/q-3;/i18D,26D,27D;. The number of nitrogens with zero attached hydrogens (tertiary/aromatic N) is 4. The fourth-order valence-corrected chi connectivity index (χ4v) is 10.2. The van der Waals surface area contributed by atoms with Gasteiger partial charge in [-0.2, -0.15) is 12.1 Å². The first-order valence-electron chi connectivity index (χ1n) is 26.4. The van der Waals surface area contributed by atoms with Crippen LogP contribution in [0.4, 0.5) is 22.7 Å². The van der Waals surface area contributed by atoms with E-state index in [1.807, 2.05) is 90.6 Å². The minimum absolute atomic E-state index is 0. The Kier molecular flexibility index (Phi) is 11.8. The van der Waals surface area contributed by atoms with Crippen LogP contribution in [0.25, 0.3) is 72.1 Å². The molecule has 3 heterocycles. The molecular formula is C68H55N4OPt-3. The Morgan fingerprint density at radius 2 is 1.11 bits per heavy atom. The molecule has 0 saturated carbocycles. The molecule has 1 aliphatic rings. The molecule has 0 unspecified atom stereocenters. The van der Waals surface area contributed by atoms with Crippen molar-refractivity contribution in [1.29, 1.82) is 0 Å². The molecule has 0 spiro atoms. The third kappa shape index (κ3) is 9.01. The Bertz CT molecular complexity index is 3940. The molecule has 11 aromatic rings. The Morgan fingerprint density at radius 1 is 0.514 bits per heavy atom. The molecule has 2 aromatic heterocycles. The molecule has 0 fully saturated rings. The fourth-order valence-electron chi connectivity index (χ4n) is 10.2. The van der Waals surface area contributed by atoms with Crippen molar-refractivity contribution in [2.24, 2.45) is 0 Å². The summed E-state index contributed by atoms with van der Waals surface area (Å²) in [6, 6.07) is 73.3. The van der Waals surface area contributed by atoms with E-state index in [4.69, 9.17) is 9.72 Å². The maximum absolute atomic E-state index is 9.39. The van der Waals surface area contributed by atoms with Gasteiger partial charge in [0.15, 0.2) is 0 Å².